The van der Waals surface area contributed by atoms with Crippen molar-refractivity contribution in [3.05, 3.63) is 35.9 Å². The molecule has 2 aliphatic heterocycles. The van der Waals surface area contributed by atoms with E-state index in [0.29, 0.717) is 19.5 Å². The van der Waals surface area contributed by atoms with Gasteiger partial charge in [-0.25, -0.2) is 0 Å². The van der Waals surface area contributed by atoms with E-state index in [1.165, 1.54) is 5.56 Å². The Morgan fingerprint density at radius 3 is 2.81 bits per heavy atom. The van der Waals surface area contributed by atoms with Crippen molar-refractivity contribution < 1.29 is 14.3 Å². The van der Waals surface area contributed by atoms with E-state index in [0.717, 1.165) is 6.42 Å². The normalized spacial score (nSPS) is 25.1. The van der Waals surface area contributed by atoms with Gasteiger partial charge in [0.1, 0.15) is 6.61 Å². The molecule has 0 bridgehead atoms. The number of morpholine rings is 1. The smallest absolute Gasteiger partial charge is 0.248 e. The van der Waals surface area contributed by atoms with Crippen LogP contribution in [0.2, 0.25) is 0 Å². The molecule has 3 rings (SSSR count). The Kier molecular flexibility index (Phi) is 3.92. The van der Waals surface area contributed by atoms with Gasteiger partial charge < -0.3 is 14.5 Å². The number of likely N-dealkylation sites (tertiary alicyclic amines) is 1. The number of ether oxygens (including phenoxy) is 1. The van der Waals surface area contributed by atoms with Crippen LogP contribution in [0.5, 0.6) is 0 Å². The Morgan fingerprint density at radius 2 is 2.05 bits per heavy atom. The Balaban J connectivity index is 1.56. The lowest BCUT2D eigenvalue weighted by molar-refractivity contribution is -0.150. The van der Waals surface area contributed by atoms with E-state index >= 15 is 0 Å². The van der Waals surface area contributed by atoms with Crippen molar-refractivity contribution in [1.82, 2.24) is 9.80 Å². The van der Waals surface area contributed by atoms with Crippen LogP contribution in [0.25, 0.3) is 0 Å². The summed E-state index contributed by atoms with van der Waals surface area (Å²) in [6.07, 6.45) is 1.22. The Hall–Kier alpha value is -1.88. The molecule has 2 fully saturated rings. The van der Waals surface area contributed by atoms with Crippen LogP contribution in [-0.2, 0) is 20.7 Å². The highest BCUT2D eigenvalue weighted by Crippen LogP contribution is 2.23. The molecule has 5 heteroatoms. The van der Waals surface area contributed by atoms with Crippen molar-refractivity contribution in [1.29, 1.82) is 0 Å². The number of hydrogen-bond acceptors (Lipinski definition) is 3. The average molecular weight is 288 g/mol. The molecule has 0 radical (unpaired) electrons. The summed E-state index contributed by atoms with van der Waals surface area (Å²) in [6, 6.07) is 10.0. The number of rotatable bonds is 3. The second-order valence-electron chi connectivity index (χ2n) is 5.71. The predicted octanol–water partition coefficient (Wildman–Crippen LogP) is 0.687. The molecule has 0 N–H and O–H groups in total. The third-order valence-electron chi connectivity index (χ3n) is 4.37. The molecule has 1 aromatic carbocycles. The van der Waals surface area contributed by atoms with Crippen molar-refractivity contribution in [3.63, 3.8) is 0 Å². The Bertz CT molecular complexity index is 532. The van der Waals surface area contributed by atoms with Crippen LogP contribution in [0, 0.1) is 0 Å². The van der Waals surface area contributed by atoms with Crippen LogP contribution in [-0.4, -0.2) is 60.5 Å². The van der Waals surface area contributed by atoms with Gasteiger partial charge in [0.2, 0.25) is 11.8 Å². The highest BCUT2D eigenvalue weighted by molar-refractivity contribution is 5.80. The third-order valence-corrected chi connectivity index (χ3v) is 4.37. The zero-order valence-electron chi connectivity index (χ0n) is 12.2. The minimum Gasteiger partial charge on any atom is -0.364 e. The molecule has 2 saturated heterocycles. The topological polar surface area (TPSA) is 49.9 Å². The second kappa shape index (κ2) is 5.85. The van der Waals surface area contributed by atoms with Crippen molar-refractivity contribution in [2.24, 2.45) is 0 Å². The van der Waals surface area contributed by atoms with E-state index in [9.17, 15) is 9.59 Å². The highest BCUT2D eigenvalue weighted by Gasteiger charge is 2.42. The van der Waals surface area contributed by atoms with Crippen molar-refractivity contribution >= 4 is 11.8 Å². The number of amides is 2. The summed E-state index contributed by atoms with van der Waals surface area (Å²) in [7, 11) is 1.79. The Labute approximate surface area is 124 Å². The zero-order chi connectivity index (χ0) is 14.8. The van der Waals surface area contributed by atoms with Gasteiger partial charge in [0, 0.05) is 26.6 Å². The molecular weight excluding hydrogens is 268 g/mol. The summed E-state index contributed by atoms with van der Waals surface area (Å²) in [5, 5.41) is 0. The number of benzene rings is 1. The molecule has 0 saturated carbocycles. The number of hydrogen-bond donors (Lipinski definition) is 0. The fraction of sp³-hybridized carbons (Fsp3) is 0.500. The number of aryl methyl sites for hydroxylation is 1. The fourth-order valence-corrected chi connectivity index (χ4v) is 3.02. The summed E-state index contributed by atoms with van der Waals surface area (Å²) >= 11 is 0. The second-order valence-corrected chi connectivity index (χ2v) is 5.71. The first-order chi connectivity index (χ1) is 10.1. The molecule has 2 atom stereocenters. The van der Waals surface area contributed by atoms with Gasteiger partial charge in [0.15, 0.2) is 0 Å². The molecule has 112 valence electrons. The van der Waals surface area contributed by atoms with Crippen LogP contribution in [0.3, 0.4) is 0 Å². The molecule has 1 aromatic rings. The highest BCUT2D eigenvalue weighted by atomic mass is 16.5. The van der Waals surface area contributed by atoms with E-state index in [4.69, 9.17) is 4.74 Å². The van der Waals surface area contributed by atoms with Crippen molar-refractivity contribution in [3.8, 4) is 0 Å². The maximum atomic E-state index is 12.3. The van der Waals surface area contributed by atoms with E-state index in [1.807, 2.05) is 35.2 Å². The number of carbonyl (C=O) groups is 2. The summed E-state index contributed by atoms with van der Waals surface area (Å²) in [4.78, 5) is 27.5. The SMILES string of the molecule is CN1C(=O)CO[C@@H]2CN(C(=O)CCc3ccccc3)C[C@H]21. The fourth-order valence-electron chi connectivity index (χ4n) is 3.02. The van der Waals surface area contributed by atoms with Crippen LogP contribution in [0.4, 0.5) is 0 Å². The monoisotopic (exact) mass is 288 g/mol. The Morgan fingerprint density at radius 1 is 1.29 bits per heavy atom. The van der Waals surface area contributed by atoms with Gasteiger partial charge >= 0.3 is 0 Å². The van der Waals surface area contributed by atoms with Gasteiger partial charge in [-0.3, -0.25) is 9.59 Å². The minimum atomic E-state index is -0.0339. The standard InChI is InChI=1S/C16H20N2O3/c1-17-13-9-18(10-14(13)21-11-16(17)20)15(19)8-7-12-5-3-2-4-6-12/h2-6,13-14H,7-11H2,1H3/t13-,14-/m1/s1. The summed E-state index contributed by atoms with van der Waals surface area (Å²) in [6.45, 7) is 1.31. The van der Waals surface area contributed by atoms with Gasteiger partial charge in [0.25, 0.3) is 0 Å². The molecule has 2 amide bonds. The van der Waals surface area contributed by atoms with Gasteiger partial charge in [-0.15, -0.1) is 0 Å². The zero-order valence-corrected chi connectivity index (χ0v) is 12.2. The molecule has 21 heavy (non-hydrogen) atoms. The number of carbonyl (C=O) groups excluding carboxylic acids is 2. The van der Waals surface area contributed by atoms with Crippen molar-refractivity contribution in [2.45, 2.75) is 25.0 Å². The molecule has 2 aliphatic rings. The van der Waals surface area contributed by atoms with Crippen LogP contribution >= 0.6 is 0 Å². The van der Waals surface area contributed by atoms with E-state index in [-0.39, 0.29) is 30.6 Å². The molecule has 0 unspecified atom stereocenters. The number of likely N-dealkylation sites (N-methyl/N-ethyl adjacent to an activating group) is 1. The first-order valence-electron chi connectivity index (χ1n) is 7.34. The minimum absolute atomic E-state index is 0.00478. The lowest BCUT2D eigenvalue weighted by atomic mass is 10.1. The van der Waals surface area contributed by atoms with Gasteiger partial charge in [-0.05, 0) is 12.0 Å². The average Bonchev–Trinajstić information content (AvgIpc) is 2.95. The third kappa shape index (κ3) is 2.93. The summed E-state index contributed by atoms with van der Waals surface area (Å²) in [5.74, 6) is 0.132. The molecule has 0 aromatic heterocycles. The summed E-state index contributed by atoms with van der Waals surface area (Å²) < 4.78 is 5.54. The first-order valence-corrected chi connectivity index (χ1v) is 7.34. The maximum absolute atomic E-state index is 12.3. The van der Waals surface area contributed by atoms with Gasteiger partial charge in [-0.1, -0.05) is 30.3 Å². The predicted molar refractivity (Wildman–Crippen MR) is 77.6 cm³/mol. The van der Waals surface area contributed by atoms with Gasteiger partial charge in [-0.2, -0.15) is 0 Å². The van der Waals surface area contributed by atoms with Crippen LogP contribution in [0.15, 0.2) is 30.3 Å². The molecule has 0 spiro atoms. The molecular formula is C16H20N2O3. The van der Waals surface area contributed by atoms with E-state index < -0.39 is 0 Å². The molecule has 5 nitrogen and oxygen atoms in total. The van der Waals surface area contributed by atoms with Crippen LogP contribution in [0.1, 0.15) is 12.0 Å². The number of fused-ring (bicyclic) bond motifs is 1. The van der Waals surface area contributed by atoms with Gasteiger partial charge in [0.05, 0.1) is 12.1 Å². The van der Waals surface area contributed by atoms with E-state index in [1.54, 1.807) is 11.9 Å². The summed E-state index contributed by atoms with van der Waals surface area (Å²) in [5.41, 5.74) is 1.17. The molecule has 0 aliphatic carbocycles. The lowest BCUT2D eigenvalue weighted by Crippen LogP contribution is -2.51. The van der Waals surface area contributed by atoms with Crippen molar-refractivity contribution in [2.75, 3.05) is 26.7 Å². The largest absolute Gasteiger partial charge is 0.364 e. The maximum Gasteiger partial charge on any atom is 0.248 e. The number of nitrogens with zero attached hydrogens (tertiary/aromatic N) is 2. The van der Waals surface area contributed by atoms with Crippen LogP contribution < -0.4 is 0 Å². The molecule has 2 heterocycles. The lowest BCUT2D eigenvalue weighted by Gasteiger charge is -2.33. The quantitative estimate of drug-likeness (QED) is 0.822. The first kappa shape index (κ1) is 14.1. The van der Waals surface area contributed by atoms with E-state index in [2.05, 4.69) is 0 Å².